The number of nitrogens with one attached hydrogen (secondary N) is 1. The Kier molecular flexibility index (Phi) is 3.78. The average Bonchev–Trinajstić information content (AvgIpc) is 2.86. The molecular weight excluding hydrogens is 232 g/mol. The Morgan fingerprint density at radius 3 is 2.44 bits per heavy atom. The van der Waals surface area contributed by atoms with Crippen LogP contribution in [0, 0.1) is 0 Å². The molecule has 1 aromatic heterocycles. The molecule has 96 valence electrons. The smallest absolute Gasteiger partial charge is 0.188 e. The summed E-state index contributed by atoms with van der Waals surface area (Å²) in [6.45, 7) is 0.525. The maximum atomic E-state index is 5.48. The molecule has 0 fully saturated rings. The fraction of sp³-hybridized carbons (Fsp3) is 0.333. The standard InChI is InChI=1S/C12H16N4O2/c1-17-8-4-3-5-9(18-2)11(8)12-14-10(6-7-13)15-16-12/h3-5H,6-7,13H2,1-2H3,(H,14,15,16). The van der Waals surface area contributed by atoms with Crippen LogP contribution in [-0.2, 0) is 6.42 Å². The van der Waals surface area contributed by atoms with E-state index in [9.17, 15) is 0 Å². The highest BCUT2D eigenvalue weighted by atomic mass is 16.5. The number of aromatic nitrogens is 3. The number of methoxy groups -OCH3 is 2. The van der Waals surface area contributed by atoms with Gasteiger partial charge in [0.15, 0.2) is 5.82 Å². The first-order chi connectivity index (χ1) is 8.80. The van der Waals surface area contributed by atoms with Crippen LogP contribution in [0.2, 0.25) is 0 Å². The minimum absolute atomic E-state index is 0.525. The summed E-state index contributed by atoms with van der Waals surface area (Å²) in [5.41, 5.74) is 6.22. The minimum Gasteiger partial charge on any atom is -0.496 e. The second-order valence-corrected chi connectivity index (χ2v) is 3.68. The van der Waals surface area contributed by atoms with E-state index < -0.39 is 0 Å². The van der Waals surface area contributed by atoms with E-state index in [0.29, 0.717) is 30.3 Å². The molecule has 0 aliphatic carbocycles. The van der Waals surface area contributed by atoms with Crippen LogP contribution in [0.15, 0.2) is 18.2 Å². The van der Waals surface area contributed by atoms with Crippen molar-refractivity contribution in [3.63, 3.8) is 0 Å². The lowest BCUT2D eigenvalue weighted by atomic mass is 10.1. The molecule has 6 heteroatoms. The molecule has 1 heterocycles. The maximum Gasteiger partial charge on any atom is 0.188 e. The number of hydrogen-bond acceptors (Lipinski definition) is 5. The number of benzene rings is 1. The fourth-order valence-corrected chi connectivity index (χ4v) is 1.73. The SMILES string of the molecule is COc1cccc(OC)c1-c1n[nH]c(CCN)n1. The molecule has 0 saturated heterocycles. The quantitative estimate of drug-likeness (QED) is 0.824. The Hall–Kier alpha value is -2.08. The lowest BCUT2D eigenvalue weighted by Gasteiger charge is -2.09. The van der Waals surface area contributed by atoms with Crippen molar-refractivity contribution in [3.05, 3.63) is 24.0 Å². The Balaban J connectivity index is 2.47. The Bertz CT molecular complexity index is 502. The van der Waals surface area contributed by atoms with Crippen molar-refractivity contribution >= 4 is 0 Å². The van der Waals surface area contributed by atoms with E-state index in [2.05, 4.69) is 15.2 Å². The lowest BCUT2D eigenvalue weighted by Crippen LogP contribution is -2.03. The van der Waals surface area contributed by atoms with Gasteiger partial charge in [-0.3, -0.25) is 5.10 Å². The monoisotopic (exact) mass is 248 g/mol. The number of nitrogens with two attached hydrogens (primary N) is 1. The normalized spacial score (nSPS) is 10.4. The van der Waals surface area contributed by atoms with Crippen LogP contribution in [-0.4, -0.2) is 35.9 Å². The van der Waals surface area contributed by atoms with Crippen molar-refractivity contribution in [2.75, 3.05) is 20.8 Å². The van der Waals surface area contributed by atoms with E-state index in [1.54, 1.807) is 14.2 Å². The van der Waals surface area contributed by atoms with Crippen LogP contribution in [0.1, 0.15) is 5.82 Å². The van der Waals surface area contributed by atoms with Gasteiger partial charge < -0.3 is 15.2 Å². The van der Waals surface area contributed by atoms with Gasteiger partial charge in [0.2, 0.25) is 0 Å². The van der Waals surface area contributed by atoms with Gasteiger partial charge in [0.25, 0.3) is 0 Å². The van der Waals surface area contributed by atoms with E-state index in [4.69, 9.17) is 15.2 Å². The van der Waals surface area contributed by atoms with Crippen molar-refractivity contribution in [3.8, 4) is 22.9 Å². The molecule has 0 radical (unpaired) electrons. The highest BCUT2D eigenvalue weighted by molar-refractivity contribution is 5.71. The summed E-state index contributed by atoms with van der Waals surface area (Å²) < 4.78 is 10.6. The first kappa shape index (κ1) is 12.4. The number of aromatic amines is 1. The molecule has 0 aliphatic heterocycles. The van der Waals surface area contributed by atoms with Gasteiger partial charge in [-0.05, 0) is 18.7 Å². The first-order valence-corrected chi connectivity index (χ1v) is 5.62. The number of ether oxygens (including phenoxy) is 2. The molecule has 0 amide bonds. The molecule has 0 saturated carbocycles. The van der Waals surface area contributed by atoms with Crippen molar-refractivity contribution in [2.24, 2.45) is 5.73 Å². The van der Waals surface area contributed by atoms with Crippen LogP contribution in [0.3, 0.4) is 0 Å². The first-order valence-electron chi connectivity index (χ1n) is 5.62. The summed E-state index contributed by atoms with van der Waals surface area (Å²) in [5.74, 6) is 2.65. The summed E-state index contributed by atoms with van der Waals surface area (Å²) in [5, 5.41) is 7.03. The van der Waals surface area contributed by atoms with E-state index >= 15 is 0 Å². The largest absolute Gasteiger partial charge is 0.496 e. The predicted octanol–water partition coefficient (Wildman–Crippen LogP) is 0.990. The zero-order chi connectivity index (χ0) is 13.0. The molecule has 2 rings (SSSR count). The Morgan fingerprint density at radius 2 is 1.89 bits per heavy atom. The average molecular weight is 248 g/mol. The molecule has 3 N–H and O–H groups in total. The molecule has 18 heavy (non-hydrogen) atoms. The van der Waals surface area contributed by atoms with Crippen LogP contribution in [0.25, 0.3) is 11.4 Å². The zero-order valence-electron chi connectivity index (χ0n) is 10.4. The number of nitrogens with zero attached hydrogens (tertiary/aromatic N) is 2. The third-order valence-corrected chi connectivity index (χ3v) is 2.56. The van der Waals surface area contributed by atoms with Gasteiger partial charge in [0.05, 0.1) is 14.2 Å². The summed E-state index contributed by atoms with van der Waals surface area (Å²) in [6.07, 6.45) is 0.657. The molecule has 6 nitrogen and oxygen atoms in total. The molecule has 1 aromatic carbocycles. The second-order valence-electron chi connectivity index (χ2n) is 3.68. The number of H-pyrrole nitrogens is 1. The third kappa shape index (κ3) is 2.28. The number of hydrogen-bond donors (Lipinski definition) is 2. The van der Waals surface area contributed by atoms with E-state index in [0.717, 1.165) is 11.4 Å². The molecule has 0 bridgehead atoms. The Labute approximate surface area is 105 Å². The van der Waals surface area contributed by atoms with Crippen LogP contribution in [0.5, 0.6) is 11.5 Å². The molecule has 0 spiro atoms. The third-order valence-electron chi connectivity index (χ3n) is 2.56. The van der Waals surface area contributed by atoms with Crippen molar-refractivity contribution in [2.45, 2.75) is 6.42 Å². The molecule has 0 unspecified atom stereocenters. The molecule has 0 atom stereocenters. The summed E-state index contributed by atoms with van der Waals surface area (Å²) in [4.78, 5) is 4.38. The summed E-state index contributed by atoms with van der Waals surface area (Å²) >= 11 is 0. The summed E-state index contributed by atoms with van der Waals surface area (Å²) in [6, 6.07) is 5.54. The fourth-order valence-electron chi connectivity index (χ4n) is 1.73. The Morgan fingerprint density at radius 1 is 1.22 bits per heavy atom. The van der Waals surface area contributed by atoms with Crippen molar-refractivity contribution in [1.82, 2.24) is 15.2 Å². The van der Waals surface area contributed by atoms with E-state index in [-0.39, 0.29) is 0 Å². The topological polar surface area (TPSA) is 86.0 Å². The van der Waals surface area contributed by atoms with Gasteiger partial charge in [-0.1, -0.05) is 6.07 Å². The van der Waals surface area contributed by atoms with Gasteiger partial charge in [-0.2, -0.15) is 5.10 Å². The van der Waals surface area contributed by atoms with Gasteiger partial charge >= 0.3 is 0 Å². The zero-order valence-corrected chi connectivity index (χ0v) is 10.4. The van der Waals surface area contributed by atoms with E-state index in [1.807, 2.05) is 18.2 Å². The highest BCUT2D eigenvalue weighted by Gasteiger charge is 2.16. The van der Waals surface area contributed by atoms with Crippen LogP contribution >= 0.6 is 0 Å². The predicted molar refractivity (Wildman–Crippen MR) is 67.7 cm³/mol. The van der Waals surface area contributed by atoms with Crippen LogP contribution in [0.4, 0.5) is 0 Å². The molecular formula is C12H16N4O2. The van der Waals surface area contributed by atoms with Gasteiger partial charge in [-0.15, -0.1) is 0 Å². The summed E-state index contributed by atoms with van der Waals surface area (Å²) in [7, 11) is 3.21. The maximum absolute atomic E-state index is 5.48. The minimum atomic E-state index is 0.525. The lowest BCUT2D eigenvalue weighted by molar-refractivity contribution is 0.397. The van der Waals surface area contributed by atoms with Gasteiger partial charge in [0, 0.05) is 6.42 Å². The van der Waals surface area contributed by atoms with Crippen molar-refractivity contribution in [1.29, 1.82) is 0 Å². The molecule has 2 aromatic rings. The number of rotatable bonds is 5. The van der Waals surface area contributed by atoms with Gasteiger partial charge in [-0.25, -0.2) is 4.98 Å². The highest BCUT2D eigenvalue weighted by Crippen LogP contribution is 2.35. The van der Waals surface area contributed by atoms with E-state index in [1.165, 1.54) is 0 Å². The second kappa shape index (κ2) is 5.50. The molecule has 0 aliphatic rings. The van der Waals surface area contributed by atoms with Crippen molar-refractivity contribution < 1.29 is 9.47 Å². The van der Waals surface area contributed by atoms with Crippen LogP contribution < -0.4 is 15.2 Å². The van der Waals surface area contributed by atoms with Gasteiger partial charge in [0.1, 0.15) is 22.9 Å².